The molecule has 0 bridgehead atoms. The summed E-state index contributed by atoms with van der Waals surface area (Å²) < 4.78 is 39.6. The number of aromatic nitrogens is 2. The normalized spacial score (nSPS) is 18.0. The molecule has 1 aliphatic rings. The molecule has 0 saturated heterocycles. The van der Waals surface area contributed by atoms with Gasteiger partial charge in [-0.3, -0.25) is 4.79 Å². The van der Waals surface area contributed by atoms with Gasteiger partial charge in [0.1, 0.15) is 5.82 Å². The van der Waals surface area contributed by atoms with Gasteiger partial charge in [0, 0.05) is 30.4 Å². The molecule has 0 spiro atoms. The molecule has 0 aliphatic carbocycles. The number of hydrogen-bond acceptors (Lipinski definition) is 2. The van der Waals surface area contributed by atoms with Crippen LogP contribution < -0.4 is 0 Å². The van der Waals surface area contributed by atoms with Gasteiger partial charge in [-0.15, -0.1) is 0 Å². The van der Waals surface area contributed by atoms with Gasteiger partial charge in [0.25, 0.3) is 0 Å². The highest BCUT2D eigenvalue weighted by Crippen LogP contribution is 2.32. The van der Waals surface area contributed by atoms with Gasteiger partial charge in [0.2, 0.25) is 0 Å². The van der Waals surface area contributed by atoms with Crippen molar-refractivity contribution in [3.8, 4) is 11.4 Å². The Bertz CT molecular complexity index is 705. The first kappa shape index (κ1) is 14.6. The predicted molar refractivity (Wildman–Crippen MR) is 72.1 cm³/mol. The number of halogens is 3. The molecule has 2 heterocycles. The summed E-state index contributed by atoms with van der Waals surface area (Å²) in [5, 5.41) is 9.06. The van der Waals surface area contributed by atoms with Crippen molar-refractivity contribution in [2.24, 2.45) is 5.92 Å². The second kappa shape index (κ2) is 5.15. The van der Waals surface area contributed by atoms with E-state index in [0.29, 0.717) is 30.8 Å². The minimum atomic E-state index is -4.36. The number of rotatable bonds is 2. The van der Waals surface area contributed by atoms with Gasteiger partial charge >= 0.3 is 12.1 Å². The van der Waals surface area contributed by atoms with Crippen LogP contribution >= 0.6 is 0 Å². The van der Waals surface area contributed by atoms with Crippen molar-refractivity contribution in [3.05, 3.63) is 41.7 Å². The van der Waals surface area contributed by atoms with Crippen molar-refractivity contribution in [2.45, 2.75) is 25.6 Å². The topological polar surface area (TPSA) is 55.1 Å². The Hall–Kier alpha value is -2.31. The fraction of sp³-hybridized carbons (Fsp3) is 0.333. The number of carboxylic acid groups (broad SMARTS) is 1. The van der Waals surface area contributed by atoms with Crippen LogP contribution in [-0.2, 0) is 23.9 Å². The summed E-state index contributed by atoms with van der Waals surface area (Å²) in [6.07, 6.45) is -1.88. The Morgan fingerprint density at radius 1 is 1.27 bits per heavy atom. The standard InChI is InChI=1S/C15H13F3N2O2/c16-15(17,18)11-3-1-9(2-4-11)13-19-8-12-7-10(14(21)22)5-6-20(12)13/h1-4,8,10H,5-7H2,(H,21,22). The number of aliphatic carboxylic acids is 1. The van der Waals surface area contributed by atoms with Gasteiger partial charge in [-0.25, -0.2) is 4.98 Å². The molecule has 1 aromatic carbocycles. The second-order valence-electron chi connectivity index (χ2n) is 5.33. The van der Waals surface area contributed by atoms with E-state index in [1.165, 1.54) is 12.1 Å². The van der Waals surface area contributed by atoms with E-state index in [4.69, 9.17) is 5.11 Å². The van der Waals surface area contributed by atoms with Crippen LogP contribution in [0.4, 0.5) is 13.2 Å². The lowest BCUT2D eigenvalue weighted by Crippen LogP contribution is -2.25. The fourth-order valence-electron chi connectivity index (χ4n) is 2.71. The third kappa shape index (κ3) is 2.58. The zero-order valence-corrected chi connectivity index (χ0v) is 11.5. The van der Waals surface area contributed by atoms with E-state index in [9.17, 15) is 18.0 Å². The zero-order chi connectivity index (χ0) is 15.9. The SMILES string of the molecule is O=C(O)C1CCn2c(cnc2-c2ccc(C(F)(F)F)cc2)C1. The summed E-state index contributed by atoms with van der Waals surface area (Å²) in [5.41, 5.74) is 0.689. The first-order valence-corrected chi connectivity index (χ1v) is 6.81. The van der Waals surface area contributed by atoms with E-state index in [0.717, 1.165) is 17.8 Å². The minimum absolute atomic E-state index is 0.392. The van der Waals surface area contributed by atoms with Crippen molar-refractivity contribution in [1.29, 1.82) is 0 Å². The van der Waals surface area contributed by atoms with Gasteiger partial charge in [-0.1, -0.05) is 12.1 Å². The molecule has 0 saturated carbocycles. The average molecular weight is 310 g/mol. The third-order valence-corrected chi connectivity index (χ3v) is 3.91. The Kier molecular flexibility index (Phi) is 3.42. The zero-order valence-electron chi connectivity index (χ0n) is 11.5. The molecule has 4 nitrogen and oxygen atoms in total. The first-order valence-electron chi connectivity index (χ1n) is 6.81. The lowest BCUT2D eigenvalue weighted by molar-refractivity contribution is -0.142. The van der Waals surface area contributed by atoms with E-state index in [1.807, 2.05) is 4.57 Å². The molecule has 0 radical (unpaired) electrons. The molecule has 1 aliphatic heterocycles. The molecule has 1 unspecified atom stereocenters. The molecule has 1 atom stereocenters. The van der Waals surface area contributed by atoms with Crippen LogP contribution in [0, 0.1) is 5.92 Å². The van der Waals surface area contributed by atoms with E-state index in [1.54, 1.807) is 6.20 Å². The van der Waals surface area contributed by atoms with Crippen molar-refractivity contribution in [2.75, 3.05) is 0 Å². The number of nitrogens with zero attached hydrogens (tertiary/aromatic N) is 2. The molecule has 116 valence electrons. The monoisotopic (exact) mass is 310 g/mol. The first-order chi connectivity index (χ1) is 10.4. The van der Waals surface area contributed by atoms with Gasteiger partial charge in [0.05, 0.1) is 11.5 Å². The molecule has 7 heteroatoms. The maximum absolute atomic E-state index is 12.6. The number of carboxylic acids is 1. The summed E-state index contributed by atoms with van der Waals surface area (Å²) in [5.74, 6) is -0.680. The van der Waals surface area contributed by atoms with Gasteiger partial charge in [-0.05, 0) is 18.6 Å². The summed E-state index contributed by atoms with van der Waals surface area (Å²) >= 11 is 0. The molecular formula is C15H13F3N2O2. The van der Waals surface area contributed by atoms with E-state index in [2.05, 4.69) is 4.98 Å². The van der Waals surface area contributed by atoms with Crippen LogP contribution in [0.1, 0.15) is 17.7 Å². The Labute approximate surface area is 124 Å². The van der Waals surface area contributed by atoms with Crippen molar-refractivity contribution >= 4 is 5.97 Å². The molecule has 0 amide bonds. The molecule has 2 aromatic rings. The summed E-state index contributed by atoms with van der Waals surface area (Å²) in [6.45, 7) is 0.503. The van der Waals surface area contributed by atoms with E-state index >= 15 is 0 Å². The number of hydrogen-bond donors (Lipinski definition) is 1. The highest BCUT2D eigenvalue weighted by molar-refractivity contribution is 5.70. The molecular weight excluding hydrogens is 297 g/mol. The number of benzene rings is 1. The highest BCUT2D eigenvalue weighted by atomic mass is 19.4. The van der Waals surface area contributed by atoms with Gasteiger partial charge in [-0.2, -0.15) is 13.2 Å². The van der Waals surface area contributed by atoms with Crippen molar-refractivity contribution < 1.29 is 23.1 Å². The van der Waals surface area contributed by atoms with Crippen molar-refractivity contribution in [1.82, 2.24) is 9.55 Å². The maximum Gasteiger partial charge on any atom is 0.416 e. The summed E-state index contributed by atoms with van der Waals surface area (Å²) in [7, 11) is 0. The third-order valence-electron chi connectivity index (χ3n) is 3.91. The number of fused-ring (bicyclic) bond motifs is 1. The molecule has 22 heavy (non-hydrogen) atoms. The van der Waals surface area contributed by atoms with Gasteiger partial charge in [0.15, 0.2) is 0 Å². The fourth-order valence-corrected chi connectivity index (χ4v) is 2.71. The lowest BCUT2D eigenvalue weighted by Gasteiger charge is -2.22. The van der Waals surface area contributed by atoms with Crippen LogP contribution in [0.25, 0.3) is 11.4 Å². The Morgan fingerprint density at radius 3 is 2.55 bits per heavy atom. The van der Waals surface area contributed by atoms with Crippen LogP contribution in [0.5, 0.6) is 0 Å². The molecule has 3 rings (SSSR count). The highest BCUT2D eigenvalue weighted by Gasteiger charge is 2.30. The van der Waals surface area contributed by atoms with Crippen molar-refractivity contribution in [3.63, 3.8) is 0 Å². The largest absolute Gasteiger partial charge is 0.481 e. The minimum Gasteiger partial charge on any atom is -0.481 e. The molecule has 1 N–H and O–H groups in total. The van der Waals surface area contributed by atoms with Crippen LogP contribution in [-0.4, -0.2) is 20.6 Å². The number of imidazole rings is 1. The van der Waals surface area contributed by atoms with Gasteiger partial charge < -0.3 is 9.67 Å². The van der Waals surface area contributed by atoms with E-state index < -0.39 is 23.6 Å². The van der Waals surface area contributed by atoms with Crippen LogP contribution in [0.3, 0.4) is 0 Å². The number of alkyl halides is 3. The van der Waals surface area contributed by atoms with E-state index in [-0.39, 0.29) is 0 Å². The molecule has 0 fully saturated rings. The second-order valence-corrected chi connectivity index (χ2v) is 5.33. The number of carbonyl (C=O) groups is 1. The average Bonchev–Trinajstić information content (AvgIpc) is 2.89. The lowest BCUT2D eigenvalue weighted by atomic mass is 9.96. The van der Waals surface area contributed by atoms with Crippen LogP contribution in [0.2, 0.25) is 0 Å². The Balaban J connectivity index is 1.90. The Morgan fingerprint density at radius 2 is 1.95 bits per heavy atom. The van der Waals surface area contributed by atoms with Crippen LogP contribution in [0.15, 0.2) is 30.5 Å². The summed E-state index contributed by atoms with van der Waals surface area (Å²) in [4.78, 5) is 15.3. The predicted octanol–water partition coefficient (Wildman–Crippen LogP) is 3.22. The maximum atomic E-state index is 12.6. The molecule has 1 aromatic heterocycles. The smallest absolute Gasteiger partial charge is 0.416 e. The quantitative estimate of drug-likeness (QED) is 0.926. The summed E-state index contributed by atoms with van der Waals surface area (Å²) in [6, 6.07) is 4.84.